The average molecular weight is 308 g/mol. The van der Waals surface area contributed by atoms with Gasteiger partial charge < -0.3 is 10.2 Å². The summed E-state index contributed by atoms with van der Waals surface area (Å²) >= 11 is 3.41. The molecule has 0 spiro atoms. The van der Waals surface area contributed by atoms with Crippen LogP contribution in [0.3, 0.4) is 0 Å². The average Bonchev–Trinajstić information content (AvgIpc) is 2.39. The first kappa shape index (κ1) is 13.4. The number of hydrogen-bond acceptors (Lipinski definition) is 3. The molecule has 1 aliphatic rings. The van der Waals surface area contributed by atoms with Gasteiger partial charge >= 0.3 is 0 Å². The molecule has 0 aromatic heterocycles. The maximum Gasteiger partial charge on any atom is 0.101 e. The summed E-state index contributed by atoms with van der Waals surface area (Å²) in [6.45, 7) is 3.23. The summed E-state index contributed by atoms with van der Waals surface area (Å²) in [6.07, 6.45) is 2.53. The van der Waals surface area contributed by atoms with Gasteiger partial charge in [-0.15, -0.1) is 0 Å². The fraction of sp³-hybridized carbons (Fsp3) is 0.500. The Hall–Kier alpha value is -1.05. The van der Waals surface area contributed by atoms with Crippen LogP contribution in [0.25, 0.3) is 0 Å². The van der Waals surface area contributed by atoms with E-state index in [0.717, 1.165) is 35.4 Å². The van der Waals surface area contributed by atoms with Crippen molar-refractivity contribution in [3.8, 4) is 6.07 Å². The molecule has 96 valence electrons. The fourth-order valence-corrected chi connectivity index (χ4v) is 2.86. The number of benzene rings is 1. The van der Waals surface area contributed by atoms with Crippen molar-refractivity contribution in [1.82, 2.24) is 5.32 Å². The molecule has 0 bridgehead atoms. The molecule has 1 aliphatic heterocycles. The molecule has 1 atom stereocenters. The molecule has 1 N–H and O–H groups in total. The molecule has 1 aromatic carbocycles. The van der Waals surface area contributed by atoms with E-state index in [2.05, 4.69) is 39.3 Å². The van der Waals surface area contributed by atoms with Crippen LogP contribution in [0.4, 0.5) is 5.69 Å². The monoisotopic (exact) mass is 307 g/mol. The van der Waals surface area contributed by atoms with Gasteiger partial charge in [0.1, 0.15) is 6.07 Å². The van der Waals surface area contributed by atoms with Crippen LogP contribution in [0.2, 0.25) is 0 Å². The smallest absolute Gasteiger partial charge is 0.101 e. The minimum Gasteiger partial charge on any atom is -0.373 e. The summed E-state index contributed by atoms with van der Waals surface area (Å²) in [4.78, 5) is 2.20. The minimum atomic E-state index is 0.680. The molecule has 3 nitrogen and oxygen atoms in total. The van der Waals surface area contributed by atoms with Crippen molar-refractivity contribution < 1.29 is 0 Å². The SMILES string of the molecule is CN(CC1CCCNC1)c1ccc(Br)cc1C#N. The summed E-state index contributed by atoms with van der Waals surface area (Å²) in [5, 5.41) is 12.6. The Bertz CT molecular complexity index is 447. The molecule has 0 saturated carbocycles. The molecular formula is C14H18BrN3. The third kappa shape index (κ3) is 3.24. The van der Waals surface area contributed by atoms with Crippen LogP contribution in [0.15, 0.2) is 22.7 Å². The van der Waals surface area contributed by atoms with E-state index < -0.39 is 0 Å². The minimum absolute atomic E-state index is 0.680. The van der Waals surface area contributed by atoms with Crippen molar-refractivity contribution >= 4 is 21.6 Å². The summed E-state index contributed by atoms with van der Waals surface area (Å²) < 4.78 is 0.954. The lowest BCUT2D eigenvalue weighted by Crippen LogP contribution is -2.37. The highest BCUT2D eigenvalue weighted by atomic mass is 79.9. The highest BCUT2D eigenvalue weighted by Crippen LogP contribution is 2.24. The van der Waals surface area contributed by atoms with Gasteiger partial charge in [-0.1, -0.05) is 15.9 Å². The first-order chi connectivity index (χ1) is 8.70. The van der Waals surface area contributed by atoms with Crippen LogP contribution in [0.5, 0.6) is 0 Å². The summed E-state index contributed by atoms with van der Waals surface area (Å²) in [6, 6.07) is 8.15. The number of halogens is 1. The molecule has 0 radical (unpaired) electrons. The van der Waals surface area contributed by atoms with Crippen molar-refractivity contribution in [1.29, 1.82) is 5.26 Å². The van der Waals surface area contributed by atoms with E-state index in [4.69, 9.17) is 0 Å². The highest BCUT2D eigenvalue weighted by Gasteiger charge is 2.16. The Morgan fingerprint density at radius 1 is 1.56 bits per heavy atom. The number of nitrogens with zero attached hydrogens (tertiary/aromatic N) is 2. The Balaban J connectivity index is 2.08. The molecule has 1 unspecified atom stereocenters. The number of anilines is 1. The quantitative estimate of drug-likeness (QED) is 0.933. The van der Waals surface area contributed by atoms with Gasteiger partial charge in [-0.2, -0.15) is 5.26 Å². The van der Waals surface area contributed by atoms with Crippen LogP contribution in [-0.2, 0) is 0 Å². The molecule has 2 rings (SSSR count). The second-order valence-electron chi connectivity index (χ2n) is 4.87. The van der Waals surface area contributed by atoms with Crippen molar-refractivity contribution in [2.75, 3.05) is 31.6 Å². The number of rotatable bonds is 3. The van der Waals surface area contributed by atoms with Gasteiger partial charge in [-0.3, -0.25) is 0 Å². The van der Waals surface area contributed by atoms with Crippen molar-refractivity contribution in [2.24, 2.45) is 5.92 Å². The molecule has 1 saturated heterocycles. The van der Waals surface area contributed by atoms with Crippen LogP contribution in [-0.4, -0.2) is 26.7 Å². The number of piperidine rings is 1. The van der Waals surface area contributed by atoms with E-state index in [0.29, 0.717) is 5.92 Å². The Morgan fingerprint density at radius 3 is 3.06 bits per heavy atom. The van der Waals surface area contributed by atoms with E-state index in [1.807, 2.05) is 18.2 Å². The summed E-state index contributed by atoms with van der Waals surface area (Å²) in [5.41, 5.74) is 1.75. The molecule has 0 aliphatic carbocycles. The van der Waals surface area contributed by atoms with Crippen LogP contribution in [0.1, 0.15) is 18.4 Å². The predicted molar refractivity (Wildman–Crippen MR) is 77.7 cm³/mol. The van der Waals surface area contributed by atoms with Crippen molar-refractivity contribution in [2.45, 2.75) is 12.8 Å². The lowest BCUT2D eigenvalue weighted by molar-refractivity contribution is 0.381. The third-order valence-corrected chi connectivity index (χ3v) is 3.91. The molecule has 4 heteroatoms. The second kappa shape index (κ2) is 6.21. The van der Waals surface area contributed by atoms with Crippen molar-refractivity contribution in [3.63, 3.8) is 0 Å². The first-order valence-electron chi connectivity index (χ1n) is 6.32. The summed E-state index contributed by atoms with van der Waals surface area (Å²) in [5.74, 6) is 0.680. The zero-order valence-corrected chi connectivity index (χ0v) is 12.2. The Kier molecular flexibility index (Phi) is 4.62. The predicted octanol–water partition coefficient (Wildman–Crippen LogP) is 2.76. The number of nitriles is 1. The van der Waals surface area contributed by atoms with Gasteiger partial charge in [0.15, 0.2) is 0 Å². The van der Waals surface area contributed by atoms with Gasteiger partial charge in [0, 0.05) is 18.1 Å². The Morgan fingerprint density at radius 2 is 2.39 bits per heavy atom. The van der Waals surface area contributed by atoms with E-state index in [9.17, 15) is 5.26 Å². The lowest BCUT2D eigenvalue weighted by atomic mass is 9.99. The van der Waals surface area contributed by atoms with Crippen molar-refractivity contribution in [3.05, 3.63) is 28.2 Å². The highest BCUT2D eigenvalue weighted by molar-refractivity contribution is 9.10. The van der Waals surface area contributed by atoms with Gasteiger partial charge in [0.25, 0.3) is 0 Å². The van der Waals surface area contributed by atoms with E-state index in [1.165, 1.54) is 12.8 Å². The molecular weight excluding hydrogens is 290 g/mol. The Labute approximate surface area is 117 Å². The number of hydrogen-bond donors (Lipinski definition) is 1. The van der Waals surface area contributed by atoms with E-state index in [1.54, 1.807) is 0 Å². The van der Waals surface area contributed by atoms with Crippen LogP contribution in [0, 0.1) is 17.2 Å². The van der Waals surface area contributed by atoms with E-state index >= 15 is 0 Å². The maximum atomic E-state index is 9.19. The van der Waals surface area contributed by atoms with Gasteiger partial charge in [0.05, 0.1) is 11.3 Å². The zero-order valence-electron chi connectivity index (χ0n) is 10.6. The zero-order chi connectivity index (χ0) is 13.0. The lowest BCUT2D eigenvalue weighted by Gasteiger charge is -2.29. The van der Waals surface area contributed by atoms with Gasteiger partial charge in [-0.25, -0.2) is 0 Å². The molecule has 0 amide bonds. The molecule has 1 fully saturated rings. The number of nitrogens with one attached hydrogen (secondary N) is 1. The van der Waals surface area contributed by atoms with Gasteiger partial charge in [0.2, 0.25) is 0 Å². The normalized spacial score (nSPS) is 19.3. The third-order valence-electron chi connectivity index (χ3n) is 3.42. The molecule has 18 heavy (non-hydrogen) atoms. The fourth-order valence-electron chi connectivity index (χ4n) is 2.50. The van der Waals surface area contributed by atoms with Crippen LogP contribution >= 0.6 is 15.9 Å². The summed E-state index contributed by atoms with van der Waals surface area (Å²) in [7, 11) is 2.07. The standard InChI is InChI=1S/C14H18BrN3/c1-18(10-11-3-2-6-17-9-11)14-5-4-13(15)7-12(14)8-16/h4-5,7,11,17H,2-3,6,9-10H2,1H3. The van der Waals surface area contributed by atoms with Crippen LogP contribution < -0.4 is 10.2 Å². The second-order valence-corrected chi connectivity index (χ2v) is 5.78. The largest absolute Gasteiger partial charge is 0.373 e. The van der Waals surface area contributed by atoms with E-state index in [-0.39, 0.29) is 0 Å². The maximum absolute atomic E-state index is 9.19. The molecule has 1 aromatic rings. The first-order valence-corrected chi connectivity index (χ1v) is 7.11. The molecule has 1 heterocycles. The topological polar surface area (TPSA) is 39.1 Å². The van der Waals surface area contributed by atoms with Gasteiger partial charge in [-0.05, 0) is 50.0 Å².